The maximum absolute atomic E-state index is 2.26. The Morgan fingerprint density at radius 2 is 0.208 bits per heavy atom. The van der Waals surface area contributed by atoms with Gasteiger partial charge in [-0.05, 0) is 182 Å². The van der Waals surface area contributed by atoms with Crippen LogP contribution in [0, 0.1) is 42.0 Å². The molecule has 106 heavy (non-hydrogen) atoms. The first-order valence-electron chi connectivity index (χ1n) is 34.1. The molecule has 15 rings (SSSR count). The van der Waals surface area contributed by atoms with Crippen LogP contribution < -0.4 is 79.6 Å². The van der Waals surface area contributed by atoms with Gasteiger partial charge in [-0.1, -0.05) is 425 Å². The van der Waals surface area contributed by atoms with E-state index in [-0.39, 0.29) is 119 Å². The quantitative estimate of drug-likeness (QED) is 0.0545. The van der Waals surface area contributed by atoms with Crippen molar-refractivity contribution in [2.45, 2.75) is 34.6 Å². The van der Waals surface area contributed by atoms with Crippen molar-refractivity contribution in [2.24, 2.45) is 0 Å². The summed E-state index contributed by atoms with van der Waals surface area (Å²) >= 11 is 0. The van der Waals surface area contributed by atoms with Crippen molar-refractivity contribution in [3.63, 3.8) is 0 Å². The van der Waals surface area contributed by atoms with Gasteiger partial charge >= 0.3 is 0 Å². The molecule has 0 saturated heterocycles. The number of hydrogen-bond donors (Lipinski definition) is 0. The molecule has 551 valence electrons. The van der Waals surface area contributed by atoms with Crippen LogP contribution in [0.25, 0.3) is 0 Å². The summed E-state index contributed by atoms with van der Waals surface area (Å²) in [4.78, 5) is 0. The first kappa shape index (κ1) is 90.6. The molecular formula is C96H88Au5P5+. The molecule has 0 aromatic heterocycles. The van der Waals surface area contributed by atoms with Crippen molar-refractivity contribution in [1.29, 1.82) is 0 Å². The van der Waals surface area contributed by atoms with Crippen LogP contribution in [0.1, 0.15) is 27.8 Å². The minimum absolute atomic E-state index is 0. The van der Waals surface area contributed by atoms with Gasteiger partial charge < -0.3 is 0 Å². The monoisotopic (exact) mass is 2380 g/mol. The normalized spacial score (nSPS) is 10.1. The van der Waals surface area contributed by atoms with Crippen LogP contribution in [-0.4, -0.2) is 0 Å². The Morgan fingerprint density at radius 1 is 0.123 bits per heavy atom. The predicted octanol–water partition coefficient (Wildman–Crippen LogP) is 19.2. The van der Waals surface area contributed by atoms with Gasteiger partial charge in [0, 0.05) is 119 Å². The summed E-state index contributed by atoms with van der Waals surface area (Å²) in [5.41, 5.74) is 6.83. The molecule has 0 fully saturated rings. The Hall–Kier alpha value is -5.98. The van der Waals surface area contributed by atoms with E-state index in [0.717, 1.165) is 0 Å². The fraction of sp³-hybridized carbons (Fsp3) is 0.0521. The van der Waals surface area contributed by atoms with Crippen LogP contribution >= 0.6 is 39.6 Å². The molecule has 15 aromatic rings. The Balaban J connectivity index is 0.000000234. The first-order chi connectivity index (χ1) is 49.3. The van der Waals surface area contributed by atoms with Crippen LogP contribution in [0.2, 0.25) is 0 Å². The van der Waals surface area contributed by atoms with Crippen LogP contribution in [0.15, 0.2) is 425 Å². The van der Waals surface area contributed by atoms with E-state index in [1.165, 1.54) is 107 Å². The summed E-state index contributed by atoms with van der Waals surface area (Å²) in [7, 11) is -2.33. The molecule has 0 aliphatic carbocycles. The van der Waals surface area contributed by atoms with Crippen molar-refractivity contribution in [3.8, 4) is 0 Å². The van der Waals surface area contributed by atoms with Gasteiger partial charge in [0.2, 0.25) is 0 Å². The van der Waals surface area contributed by atoms with Crippen LogP contribution in [0.4, 0.5) is 0 Å². The van der Waals surface area contributed by atoms with Gasteiger partial charge in [0.05, 0.1) is 0 Å². The molecule has 10 heteroatoms. The molecule has 0 aliphatic heterocycles. The summed E-state index contributed by atoms with van der Waals surface area (Å²) < 4.78 is 0. The smallest absolute Gasteiger partial charge is 0.0467 e. The van der Waals surface area contributed by atoms with E-state index in [4.69, 9.17) is 0 Å². The van der Waals surface area contributed by atoms with Gasteiger partial charge in [0.15, 0.2) is 0 Å². The standard InChI is InChI=1S/5C19H17P.CH3.5Au/c5*1-16-10-8-9-15-19(16)20(17-11-4-2-5-12-17)18-13-6-3-7-14-18;;;;;;/h5*2-15H,1H3;1H3;;;;;/q;;;;;+1;;;;;. The minimum Gasteiger partial charge on any atom is -0.0622 e. The molecule has 0 atom stereocenters. The Morgan fingerprint density at radius 3 is 0.302 bits per heavy atom. The van der Waals surface area contributed by atoms with Crippen molar-refractivity contribution in [3.05, 3.63) is 460 Å². The molecule has 0 heterocycles. The molecule has 15 aromatic carbocycles. The zero-order valence-corrected chi connectivity index (χ0v) is 75.5. The molecule has 0 unspecified atom stereocenters. The van der Waals surface area contributed by atoms with Gasteiger partial charge in [0.1, 0.15) is 0 Å². The Bertz CT molecular complexity index is 3930. The fourth-order valence-corrected chi connectivity index (χ4v) is 24.3. The average Bonchev–Trinajstić information content (AvgIpc) is 0.839. The minimum atomic E-state index is -0.467. The van der Waals surface area contributed by atoms with E-state index in [2.05, 4.69) is 459 Å². The van der Waals surface area contributed by atoms with E-state index < -0.39 is 39.6 Å². The van der Waals surface area contributed by atoms with Gasteiger partial charge in [-0.25, -0.2) is 0 Å². The maximum Gasteiger partial charge on any atom is 0.0467 e. The van der Waals surface area contributed by atoms with E-state index in [1.54, 1.807) is 0 Å². The Labute approximate surface area is 717 Å². The van der Waals surface area contributed by atoms with E-state index >= 15 is 0 Å². The number of aryl methyl sites for hydroxylation is 5. The summed E-state index contributed by atoms with van der Waals surface area (Å²) in [6.45, 7) is 11.0. The SMILES string of the molecule is Cc1ccccc1P(c1ccccc1)c1ccccc1.Cc1ccccc1P(c1ccccc1)c1ccccc1.Cc1ccccc1P(c1ccccc1)c1ccccc1.Cc1ccccc1P(c1ccccc1)c1ccccc1.Cc1ccccc1P(c1ccccc1)c1ccccc1.[Au].[Au].[Au].[Au].[Au].[CH3+]. The third-order valence-electron chi connectivity index (χ3n) is 16.9. The van der Waals surface area contributed by atoms with Gasteiger partial charge in [-0.2, -0.15) is 0 Å². The Kier molecular flexibility index (Phi) is 42.1. The number of rotatable bonds is 15. The third-order valence-corrected chi connectivity index (χ3v) is 30.0. The number of hydrogen-bond acceptors (Lipinski definition) is 0. The molecule has 0 nitrogen and oxygen atoms in total. The largest absolute Gasteiger partial charge is 0.0622 e. The van der Waals surface area contributed by atoms with E-state index in [9.17, 15) is 0 Å². The second-order valence-electron chi connectivity index (χ2n) is 24.0. The van der Waals surface area contributed by atoms with Gasteiger partial charge in [-0.15, -0.1) is 0 Å². The molecule has 0 spiro atoms. The predicted molar refractivity (Wildman–Crippen MR) is 456 cm³/mol. The van der Waals surface area contributed by atoms with Crippen LogP contribution in [0.5, 0.6) is 0 Å². The summed E-state index contributed by atoms with van der Waals surface area (Å²) in [6, 6.07) is 152. The first-order valence-corrected chi connectivity index (χ1v) is 40.8. The summed E-state index contributed by atoms with van der Waals surface area (Å²) in [5.74, 6) is 0. The molecule has 0 N–H and O–H groups in total. The van der Waals surface area contributed by atoms with Crippen molar-refractivity contribution >= 4 is 119 Å². The second kappa shape index (κ2) is 49.2. The van der Waals surface area contributed by atoms with Crippen LogP contribution in [0.3, 0.4) is 0 Å². The average molecular weight is 2380 g/mol. The van der Waals surface area contributed by atoms with Crippen molar-refractivity contribution < 1.29 is 112 Å². The molecule has 0 aliphatic rings. The van der Waals surface area contributed by atoms with Crippen molar-refractivity contribution in [1.82, 2.24) is 0 Å². The number of benzene rings is 15. The topological polar surface area (TPSA) is 0 Å². The van der Waals surface area contributed by atoms with E-state index in [0.29, 0.717) is 0 Å². The van der Waals surface area contributed by atoms with Crippen LogP contribution in [-0.2, 0) is 112 Å². The van der Waals surface area contributed by atoms with E-state index in [1.807, 2.05) is 0 Å². The maximum atomic E-state index is 2.26. The van der Waals surface area contributed by atoms with Gasteiger partial charge in [-0.3, -0.25) is 0 Å². The fourth-order valence-electron chi connectivity index (χ4n) is 12.0. The zero-order chi connectivity index (χ0) is 68.9. The zero-order valence-electron chi connectivity index (χ0n) is 60.2. The molecular weight excluding hydrogens is 2290 g/mol. The molecule has 0 saturated carbocycles. The summed E-state index contributed by atoms with van der Waals surface area (Å²) in [6.07, 6.45) is 0. The third kappa shape index (κ3) is 25.8. The molecule has 0 bridgehead atoms. The van der Waals surface area contributed by atoms with Crippen molar-refractivity contribution in [2.75, 3.05) is 0 Å². The van der Waals surface area contributed by atoms with Gasteiger partial charge in [0.25, 0.3) is 0 Å². The molecule has 5 radical (unpaired) electrons. The molecule has 0 amide bonds. The second-order valence-corrected chi connectivity index (χ2v) is 34.9. The summed E-state index contributed by atoms with van der Waals surface area (Å²) in [5, 5.41) is 21.3.